The van der Waals surface area contributed by atoms with E-state index in [-0.39, 0.29) is 0 Å². The van der Waals surface area contributed by atoms with Crippen LogP contribution in [0.25, 0.3) is 0 Å². The van der Waals surface area contributed by atoms with E-state index in [0.29, 0.717) is 11.4 Å². The third kappa shape index (κ3) is 4.30. The van der Waals surface area contributed by atoms with Gasteiger partial charge in [-0.2, -0.15) is 0 Å². The monoisotopic (exact) mass is 417 g/mol. The highest BCUT2D eigenvalue weighted by Gasteiger charge is 2.24. The molecule has 1 heterocycles. The van der Waals surface area contributed by atoms with Gasteiger partial charge in [-0.25, -0.2) is 12.7 Å². The fraction of sp³-hybridized carbons (Fsp3) is 0.636. The summed E-state index contributed by atoms with van der Waals surface area (Å²) in [5.74, 6) is 0. The molecule has 0 saturated carbocycles. The van der Waals surface area contributed by atoms with Crippen LogP contribution in [-0.4, -0.2) is 31.6 Å². The number of alkyl halides is 1. The zero-order valence-electron chi connectivity index (χ0n) is 10.4. The number of aryl methyl sites for hydroxylation is 1. The summed E-state index contributed by atoms with van der Waals surface area (Å²) in [7, 11) is -1.69. The van der Waals surface area contributed by atoms with Gasteiger partial charge < -0.3 is 0 Å². The first-order chi connectivity index (χ1) is 8.39. The van der Waals surface area contributed by atoms with E-state index < -0.39 is 10.0 Å². The first-order valence-electron chi connectivity index (χ1n) is 5.68. The topological polar surface area (TPSA) is 37.4 Å². The summed E-state index contributed by atoms with van der Waals surface area (Å²) in [5, 5.41) is 0.972. The number of unbranched alkanes of at least 4 members (excludes halogenated alkanes) is 2. The molecule has 0 unspecified atom stereocenters. The van der Waals surface area contributed by atoms with Gasteiger partial charge in [0, 0.05) is 23.8 Å². The van der Waals surface area contributed by atoms with Crippen molar-refractivity contribution in [3.05, 3.63) is 14.7 Å². The van der Waals surface area contributed by atoms with Crippen LogP contribution in [0.2, 0.25) is 0 Å². The Balaban J connectivity index is 2.71. The van der Waals surface area contributed by atoms with E-state index in [0.717, 1.165) is 33.3 Å². The van der Waals surface area contributed by atoms with Crippen LogP contribution in [0.15, 0.2) is 14.7 Å². The molecular formula is C11H17Br2NO2S2. The predicted octanol–water partition coefficient (Wildman–Crippen LogP) is 4.00. The number of nitrogens with zero attached hydrogens (tertiary/aromatic N) is 1. The number of rotatable bonds is 7. The van der Waals surface area contributed by atoms with Gasteiger partial charge in [0.2, 0.25) is 10.0 Å². The summed E-state index contributed by atoms with van der Waals surface area (Å²) in [6.07, 6.45) is 3.01. The van der Waals surface area contributed by atoms with Crippen LogP contribution >= 0.6 is 43.2 Å². The average molecular weight is 419 g/mol. The van der Waals surface area contributed by atoms with Crippen molar-refractivity contribution < 1.29 is 8.42 Å². The van der Waals surface area contributed by atoms with Crippen molar-refractivity contribution in [1.82, 2.24) is 4.31 Å². The highest BCUT2D eigenvalue weighted by Crippen LogP contribution is 2.31. The van der Waals surface area contributed by atoms with E-state index in [1.807, 2.05) is 6.92 Å². The molecule has 0 N–H and O–H groups in total. The number of hydrogen-bond acceptors (Lipinski definition) is 3. The minimum atomic E-state index is -3.33. The maximum absolute atomic E-state index is 12.3. The van der Waals surface area contributed by atoms with Crippen molar-refractivity contribution in [2.24, 2.45) is 0 Å². The molecule has 0 bridgehead atoms. The van der Waals surface area contributed by atoms with Gasteiger partial charge >= 0.3 is 0 Å². The fourth-order valence-electron chi connectivity index (χ4n) is 1.58. The lowest BCUT2D eigenvalue weighted by atomic mass is 10.2. The normalized spacial score (nSPS) is 12.3. The highest BCUT2D eigenvalue weighted by atomic mass is 79.9. The van der Waals surface area contributed by atoms with E-state index in [4.69, 9.17) is 0 Å². The highest BCUT2D eigenvalue weighted by molar-refractivity contribution is 9.11. The molecule has 0 aromatic carbocycles. The van der Waals surface area contributed by atoms with Crippen molar-refractivity contribution in [3.8, 4) is 0 Å². The molecule has 0 amide bonds. The second-order valence-electron chi connectivity index (χ2n) is 4.05. The van der Waals surface area contributed by atoms with Crippen molar-refractivity contribution in [3.63, 3.8) is 0 Å². The third-order valence-electron chi connectivity index (χ3n) is 2.64. The maximum Gasteiger partial charge on any atom is 0.243 e. The molecule has 0 saturated heterocycles. The molecule has 1 rings (SSSR count). The Morgan fingerprint density at radius 3 is 2.50 bits per heavy atom. The van der Waals surface area contributed by atoms with E-state index in [1.165, 1.54) is 15.6 Å². The van der Waals surface area contributed by atoms with Crippen molar-refractivity contribution in [1.29, 1.82) is 0 Å². The Kier molecular flexibility index (Phi) is 6.81. The van der Waals surface area contributed by atoms with E-state index in [2.05, 4.69) is 31.9 Å². The first kappa shape index (κ1) is 16.6. The Bertz CT molecular complexity index is 485. The number of thiophene rings is 1. The smallest absolute Gasteiger partial charge is 0.207 e. The third-order valence-corrected chi connectivity index (χ3v) is 6.86. The van der Waals surface area contributed by atoms with Crippen LogP contribution in [0.5, 0.6) is 0 Å². The lowest BCUT2D eigenvalue weighted by molar-refractivity contribution is 0.454. The number of hydrogen-bond donors (Lipinski definition) is 0. The van der Waals surface area contributed by atoms with Crippen molar-refractivity contribution in [2.75, 3.05) is 18.9 Å². The summed E-state index contributed by atoms with van der Waals surface area (Å²) in [4.78, 5) is 1.25. The second-order valence-corrected chi connectivity index (χ2v) is 9.49. The maximum atomic E-state index is 12.3. The summed E-state index contributed by atoms with van der Waals surface area (Å²) in [6.45, 7) is 2.41. The SMILES string of the molecule is Cc1sc(Br)cc1S(=O)(=O)N(C)CCCCCBr. The summed E-state index contributed by atoms with van der Waals surface area (Å²) in [5.41, 5.74) is 0. The Morgan fingerprint density at radius 2 is 2.00 bits per heavy atom. The molecule has 0 spiro atoms. The molecule has 0 fully saturated rings. The Hall–Kier alpha value is 0.570. The molecule has 3 nitrogen and oxygen atoms in total. The Labute approximate surface area is 130 Å². The Morgan fingerprint density at radius 1 is 1.33 bits per heavy atom. The summed E-state index contributed by atoms with van der Waals surface area (Å²) < 4.78 is 27.0. The molecule has 7 heteroatoms. The van der Waals surface area contributed by atoms with Gasteiger partial charge in [-0.3, -0.25) is 0 Å². The summed E-state index contributed by atoms with van der Waals surface area (Å²) >= 11 is 8.15. The van der Waals surface area contributed by atoms with Crippen LogP contribution in [0.1, 0.15) is 24.1 Å². The molecule has 0 aliphatic rings. The molecule has 104 valence electrons. The van der Waals surface area contributed by atoms with Gasteiger partial charge in [-0.15, -0.1) is 11.3 Å². The molecule has 0 atom stereocenters. The van der Waals surface area contributed by atoms with Crippen LogP contribution in [0.3, 0.4) is 0 Å². The van der Waals surface area contributed by atoms with E-state index >= 15 is 0 Å². The van der Waals surface area contributed by atoms with Gasteiger partial charge in [-0.1, -0.05) is 22.4 Å². The van der Waals surface area contributed by atoms with Crippen LogP contribution < -0.4 is 0 Å². The zero-order chi connectivity index (χ0) is 13.8. The summed E-state index contributed by atoms with van der Waals surface area (Å²) in [6, 6.07) is 1.68. The zero-order valence-corrected chi connectivity index (χ0v) is 15.3. The first-order valence-corrected chi connectivity index (χ1v) is 9.85. The van der Waals surface area contributed by atoms with E-state index in [1.54, 1.807) is 13.1 Å². The fourth-order valence-corrected chi connectivity index (χ4v) is 5.57. The average Bonchev–Trinajstić information content (AvgIpc) is 2.64. The lowest BCUT2D eigenvalue weighted by Gasteiger charge is -2.16. The molecule has 0 radical (unpaired) electrons. The largest absolute Gasteiger partial charge is 0.243 e. The van der Waals surface area contributed by atoms with Crippen molar-refractivity contribution >= 4 is 53.2 Å². The van der Waals surface area contributed by atoms with Crippen LogP contribution in [0, 0.1) is 6.92 Å². The molecule has 18 heavy (non-hydrogen) atoms. The predicted molar refractivity (Wildman–Crippen MR) is 84.2 cm³/mol. The number of halogens is 2. The molecule has 1 aromatic rings. The van der Waals surface area contributed by atoms with Gasteiger partial charge in [-0.05, 0) is 41.8 Å². The molecule has 0 aliphatic heterocycles. The van der Waals surface area contributed by atoms with Gasteiger partial charge in [0.1, 0.15) is 0 Å². The van der Waals surface area contributed by atoms with Crippen molar-refractivity contribution in [2.45, 2.75) is 31.1 Å². The van der Waals surface area contributed by atoms with Crippen LogP contribution in [-0.2, 0) is 10.0 Å². The minimum Gasteiger partial charge on any atom is -0.207 e. The van der Waals surface area contributed by atoms with E-state index in [9.17, 15) is 8.42 Å². The van der Waals surface area contributed by atoms with Gasteiger partial charge in [0.25, 0.3) is 0 Å². The quantitative estimate of drug-likeness (QED) is 0.495. The molecule has 1 aromatic heterocycles. The molecular weight excluding hydrogens is 402 g/mol. The van der Waals surface area contributed by atoms with Gasteiger partial charge in [0.05, 0.1) is 8.68 Å². The second kappa shape index (κ2) is 7.38. The number of sulfonamides is 1. The standard InChI is InChI=1S/C11H17Br2NO2S2/c1-9-10(8-11(13)17-9)18(15,16)14(2)7-5-3-4-6-12/h8H,3-7H2,1-2H3. The van der Waals surface area contributed by atoms with Crippen LogP contribution in [0.4, 0.5) is 0 Å². The minimum absolute atomic E-state index is 0.419. The molecule has 0 aliphatic carbocycles. The lowest BCUT2D eigenvalue weighted by Crippen LogP contribution is -2.28. The van der Waals surface area contributed by atoms with Gasteiger partial charge in [0.15, 0.2) is 0 Å².